The second-order valence-corrected chi connectivity index (χ2v) is 3.89. The van der Waals surface area contributed by atoms with Gasteiger partial charge in [0.05, 0.1) is 17.2 Å². The molecule has 0 fully saturated rings. The van der Waals surface area contributed by atoms with E-state index in [2.05, 4.69) is 0 Å². The van der Waals surface area contributed by atoms with Gasteiger partial charge in [-0.05, 0) is 6.92 Å². The van der Waals surface area contributed by atoms with Crippen LogP contribution in [-0.4, -0.2) is 44.1 Å². The average molecular weight is 285 g/mol. The lowest BCUT2D eigenvalue weighted by atomic mass is 10.1. The van der Waals surface area contributed by atoms with Crippen LogP contribution >= 0.6 is 0 Å². The quantitative estimate of drug-likeness (QED) is 0.392. The highest BCUT2D eigenvalue weighted by Gasteiger charge is 2.27. The Balaban J connectivity index is 3.09. The SMILES string of the molecule is C[C@@H](O)[C@H](NC(=O)c1cc([N+](=O)[O-])c[nH]c1=O)C(=O)O. The van der Waals surface area contributed by atoms with Crippen LogP contribution in [0.5, 0.6) is 0 Å². The van der Waals surface area contributed by atoms with Crippen molar-refractivity contribution in [1.29, 1.82) is 0 Å². The largest absolute Gasteiger partial charge is 0.480 e. The van der Waals surface area contributed by atoms with Crippen molar-refractivity contribution in [2.75, 3.05) is 0 Å². The topological polar surface area (TPSA) is 163 Å². The van der Waals surface area contributed by atoms with Gasteiger partial charge in [0, 0.05) is 6.07 Å². The minimum Gasteiger partial charge on any atom is -0.480 e. The summed E-state index contributed by atoms with van der Waals surface area (Å²) in [7, 11) is 0. The van der Waals surface area contributed by atoms with E-state index in [0.717, 1.165) is 19.2 Å². The number of hydrogen-bond donors (Lipinski definition) is 4. The summed E-state index contributed by atoms with van der Waals surface area (Å²) in [5.41, 5.74) is -2.06. The zero-order valence-corrected chi connectivity index (χ0v) is 10.2. The van der Waals surface area contributed by atoms with Gasteiger partial charge in [-0.3, -0.25) is 19.7 Å². The molecule has 0 aromatic carbocycles. The van der Waals surface area contributed by atoms with E-state index in [1.165, 1.54) is 0 Å². The molecule has 0 aliphatic carbocycles. The van der Waals surface area contributed by atoms with Crippen LogP contribution < -0.4 is 10.9 Å². The Hall–Kier alpha value is -2.75. The van der Waals surface area contributed by atoms with Gasteiger partial charge in [-0.25, -0.2) is 4.79 Å². The molecule has 10 heteroatoms. The van der Waals surface area contributed by atoms with E-state index in [1.54, 1.807) is 0 Å². The molecular formula is C10H11N3O7. The Kier molecular flexibility index (Phi) is 4.54. The number of amides is 1. The number of carbonyl (C=O) groups is 2. The van der Waals surface area contributed by atoms with Gasteiger partial charge in [-0.15, -0.1) is 0 Å². The lowest BCUT2D eigenvalue weighted by Crippen LogP contribution is -2.48. The first-order valence-electron chi connectivity index (χ1n) is 5.33. The van der Waals surface area contributed by atoms with Crippen LogP contribution in [0.15, 0.2) is 17.1 Å². The summed E-state index contributed by atoms with van der Waals surface area (Å²) < 4.78 is 0. The molecule has 10 nitrogen and oxygen atoms in total. The van der Waals surface area contributed by atoms with Crippen LogP contribution in [0.2, 0.25) is 0 Å². The van der Waals surface area contributed by atoms with Gasteiger partial charge in [0.2, 0.25) is 0 Å². The number of hydrogen-bond acceptors (Lipinski definition) is 6. The molecule has 20 heavy (non-hydrogen) atoms. The Morgan fingerprint density at radius 1 is 1.50 bits per heavy atom. The van der Waals surface area contributed by atoms with Gasteiger partial charge in [0.25, 0.3) is 17.2 Å². The molecule has 0 bridgehead atoms. The highest BCUT2D eigenvalue weighted by Crippen LogP contribution is 2.08. The number of carboxylic acids is 1. The molecule has 1 rings (SSSR count). The summed E-state index contributed by atoms with van der Waals surface area (Å²) in [6.07, 6.45) is -0.600. The Bertz CT molecular complexity index is 607. The van der Waals surface area contributed by atoms with Gasteiger partial charge in [-0.1, -0.05) is 0 Å². The summed E-state index contributed by atoms with van der Waals surface area (Å²) in [5.74, 6) is -2.64. The van der Waals surface area contributed by atoms with Crippen LogP contribution in [0.25, 0.3) is 0 Å². The summed E-state index contributed by atoms with van der Waals surface area (Å²) in [4.78, 5) is 45.7. The number of aromatic nitrogens is 1. The number of carboxylic acid groups (broad SMARTS) is 1. The molecular weight excluding hydrogens is 274 g/mol. The number of aliphatic hydroxyl groups excluding tert-OH is 1. The molecule has 0 unspecified atom stereocenters. The third-order valence-corrected chi connectivity index (χ3v) is 2.38. The molecule has 1 aromatic rings. The van der Waals surface area contributed by atoms with Crippen molar-refractivity contribution < 1.29 is 24.7 Å². The maximum atomic E-state index is 11.7. The number of aromatic amines is 1. The third kappa shape index (κ3) is 3.38. The molecule has 1 amide bonds. The van der Waals surface area contributed by atoms with Crippen molar-refractivity contribution >= 4 is 17.6 Å². The Labute approximate surface area is 111 Å². The van der Waals surface area contributed by atoms with E-state index < -0.39 is 45.8 Å². The number of aliphatic carboxylic acids is 1. The highest BCUT2D eigenvalue weighted by atomic mass is 16.6. The minimum absolute atomic E-state index is 0.529. The fraction of sp³-hybridized carbons (Fsp3) is 0.300. The number of rotatable bonds is 5. The Morgan fingerprint density at radius 3 is 2.55 bits per heavy atom. The third-order valence-electron chi connectivity index (χ3n) is 2.38. The summed E-state index contributed by atoms with van der Waals surface area (Å²) in [6.45, 7) is 1.14. The van der Waals surface area contributed by atoms with Crippen LogP contribution in [-0.2, 0) is 4.79 Å². The van der Waals surface area contributed by atoms with Crippen molar-refractivity contribution in [1.82, 2.24) is 10.3 Å². The fourth-order valence-electron chi connectivity index (χ4n) is 1.35. The van der Waals surface area contributed by atoms with Crippen molar-refractivity contribution in [3.8, 4) is 0 Å². The van der Waals surface area contributed by atoms with Gasteiger partial charge >= 0.3 is 5.97 Å². The van der Waals surface area contributed by atoms with E-state index in [1.807, 2.05) is 10.3 Å². The number of pyridine rings is 1. The molecule has 0 saturated carbocycles. The van der Waals surface area contributed by atoms with Gasteiger partial charge in [0.1, 0.15) is 5.56 Å². The molecule has 108 valence electrons. The number of H-pyrrole nitrogens is 1. The van der Waals surface area contributed by atoms with Crippen LogP contribution in [0.3, 0.4) is 0 Å². The zero-order valence-electron chi connectivity index (χ0n) is 10.2. The van der Waals surface area contributed by atoms with E-state index >= 15 is 0 Å². The highest BCUT2D eigenvalue weighted by molar-refractivity contribution is 5.96. The number of carbonyl (C=O) groups excluding carboxylic acids is 1. The average Bonchev–Trinajstić information content (AvgIpc) is 2.34. The fourth-order valence-corrected chi connectivity index (χ4v) is 1.35. The standard InChI is InChI=1S/C10H11N3O7/c1-4(14)7(10(17)18)12-9(16)6-2-5(13(19)20)3-11-8(6)15/h2-4,7,14H,1H3,(H,11,15)(H,12,16)(H,17,18)/t4-,7+/m1/s1. The van der Waals surface area contributed by atoms with E-state index in [-0.39, 0.29) is 0 Å². The molecule has 0 saturated heterocycles. The first-order valence-corrected chi connectivity index (χ1v) is 5.33. The molecule has 0 aliphatic heterocycles. The molecule has 0 radical (unpaired) electrons. The van der Waals surface area contributed by atoms with Crippen molar-refractivity contribution in [3.05, 3.63) is 38.3 Å². The molecule has 1 heterocycles. The van der Waals surface area contributed by atoms with Crippen molar-refractivity contribution in [2.45, 2.75) is 19.1 Å². The normalized spacial score (nSPS) is 13.3. The predicted octanol–water partition coefficient (Wildman–Crippen LogP) is -1.15. The molecule has 0 aliphatic rings. The summed E-state index contributed by atoms with van der Waals surface area (Å²) in [5, 5.41) is 30.4. The van der Waals surface area contributed by atoms with Crippen molar-refractivity contribution in [2.24, 2.45) is 0 Å². The summed E-state index contributed by atoms with van der Waals surface area (Å²) in [6, 6.07) is -0.920. The minimum atomic E-state index is -1.64. The number of nitrogens with one attached hydrogen (secondary N) is 2. The molecule has 4 N–H and O–H groups in total. The van der Waals surface area contributed by atoms with Crippen molar-refractivity contribution in [3.63, 3.8) is 0 Å². The monoisotopic (exact) mass is 285 g/mol. The lowest BCUT2D eigenvalue weighted by molar-refractivity contribution is -0.385. The smallest absolute Gasteiger partial charge is 0.328 e. The lowest BCUT2D eigenvalue weighted by Gasteiger charge is -2.16. The zero-order chi connectivity index (χ0) is 15.4. The van der Waals surface area contributed by atoms with Crippen LogP contribution in [0.4, 0.5) is 5.69 Å². The number of aliphatic hydroxyl groups is 1. The maximum absolute atomic E-state index is 11.7. The second-order valence-electron chi connectivity index (χ2n) is 3.89. The molecule has 0 spiro atoms. The molecule has 1 aromatic heterocycles. The molecule has 2 atom stereocenters. The van der Waals surface area contributed by atoms with Gasteiger partial charge in [0.15, 0.2) is 6.04 Å². The first-order chi connectivity index (χ1) is 9.23. The predicted molar refractivity (Wildman–Crippen MR) is 64.3 cm³/mol. The maximum Gasteiger partial charge on any atom is 0.328 e. The number of nitrogens with zero attached hydrogens (tertiary/aromatic N) is 1. The van der Waals surface area contributed by atoms with Crippen LogP contribution in [0.1, 0.15) is 17.3 Å². The summed E-state index contributed by atoms with van der Waals surface area (Å²) >= 11 is 0. The van der Waals surface area contributed by atoms with E-state index in [0.29, 0.717) is 0 Å². The van der Waals surface area contributed by atoms with E-state index in [9.17, 15) is 29.6 Å². The second kappa shape index (κ2) is 5.93. The van der Waals surface area contributed by atoms with Gasteiger partial charge in [-0.2, -0.15) is 0 Å². The van der Waals surface area contributed by atoms with Gasteiger partial charge < -0.3 is 20.5 Å². The van der Waals surface area contributed by atoms with E-state index in [4.69, 9.17) is 5.11 Å². The first kappa shape index (κ1) is 15.3. The number of nitro groups is 1. The van der Waals surface area contributed by atoms with Crippen LogP contribution in [0, 0.1) is 10.1 Å². The Morgan fingerprint density at radius 2 is 2.10 bits per heavy atom.